The van der Waals surface area contributed by atoms with Crippen molar-refractivity contribution in [2.75, 3.05) is 13.2 Å². The molecule has 4 atom stereocenters. The average molecular weight is 444 g/mol. The second kappa shape index (κ2) is 12.2. The van der Waals surface area contributed by atoms with Crippen LogP contribution in [0.2, 0.25) is 0 Å². The van der Waals surface area contributed by atoms with Crippen molar-refractivity contribution in [3.63, 3.8) is 0 Å². The summed E-state index contributed by atoms with van der Waals surface area (Å²) in [6.45, 7) is 3.22. The molecule has 0 radical (unpaired) electrons. The van der Waals surface area contributed by atoms with Gasteiger partial charge in [0.15, 0.2) is 0 Å². The molecular formula is C19H33N5O7. The molecule has 8 N–H and O–H groups in total. The molecule has 0 saturated carbocycles. The van der Waals surface area contributed by atoms with Crippen LogP contribution in [0.3, 0.4) is 0 Å². The van der Waals surface area contributed by atoms with Gasteiger partial charge in [0.05, 0.1) is 12.6 Å². The number of amides is 4. The molecule has 0 aliphatic carbocycles. The quantitative estimate of drug-likeness (QED) is 0.192. The standard InChI is InChI=1S/C19H33N5O7/c1-10(2)8-12(22-16(27)11(20)5-6-15(21)26)18(29)24-7-3-4-14(24)17(28)23-13(9-25)19(30)31/h10-14,25H,3-9,20H2,1-2H3,(H2,21,26)(H,22,27)(H,23,28)(H,30,31). The molecule has 1 heterocycles. The number of carboxylic acid groups (broad SMARTS) is 1. The van der Waals surface area contributed by atoms with Gasteiger partial charge in [-0.1, -0.05) is 13.8 Å². The maximum atomic E-state index is 13.2. The molecule has 0 aromatic carbocycles. The van der Waals surface area contributed by atoms with Crippen molar-refractivity contribution in [2.45, 2.75) is 70.1 Å². The molecule has 0 aromatic rings. The first kappa shape index (κ1) is 26.3. The van der Waals surface area contributed by atoms with Crippen LogP contribution in [-0.4, -0.2) is 82.0 Å². The van der Waals surface area contributed by atoms with E-state index < -0.39 is 60.4 Å². The molecule has 1 aliphatic heterocycles. The smallest absolute Gasteiger partial charge is 0.328 e. The Bertz CT molecular complexity index is 685. The number of aliphatic hydroxyl groups excluding tert-OH is 1. The minimum atomic E-state index is -1.47. The highest BCUT2D eigenvalue weighted by molar-refractivity contribution is 5.94. The van der Waals surface area contributed by atoms with Gasteiger partial charge in [-0.3, -0.25) is 19.2 Å². The van der Waals surface area contributed by atoms with E-state index >= 15 is 0 Å². The van der Waals surface area contributed by atoms with E-state index in [0.717, 1.165) is 0 Å². The normalized spacial score (nSPS) is 18.9. The second-order valence-corrected chi connectivity index (χ2v) is 8.07. The van der Waals surface area contributed by atoms with E-state index in [9.17, 15) is 24.0 Å². The monoisotopic (exact) mass is 443 g/mol. The molecule has 4 amide bonds. The Kier molecular flexibility index (Phi) is 10.4. The van der Waals surface area contributed by atoms with Gasteiger partial charge in [-0.2, -0.15) is 0 Å². The molecule has 1 fully saturated rings. The molecule has 0 aromatic heterocycles. The number of aliphatic hydroxyl groups is 1. The van der Waals surface area contributed by atoms with Crippen molar-refractivity contribution in [1.29, 1.82) is 0 Å². The highest BCUT2D eigenvalue weighted by Crippen LogP contribution is 2.20. The third-order valence-electron chi connectivity index (χ3n) is 5.00. The zero-order chi connectivity index (χ0) is 23.7. The first-order valence-electron chi connectivity index (χ1n) is 10.3. The van der Waals surface area contributed by atoms with Crippen molar-refractivity contribution in [1.82, 2.24) is 15.5 Å². The lowest BCUT2D eigenvalue weighted by molar-refractivity contribution is -0.145. The largest absolute Gasteiger partial charge is 0.480 e. The molecule has 31 heavy (non-hydrogen) atoms. The van der Waals surface area contributed by atoms with E-state index in [0.29, 0.717) is 19.3 Å². The van der Waals surface area contributed by atoms with E-state index in [-0.39, 0.29) is 25.3 Å². The Hall–Kier alpha value is -2.73. The first-order valence-corrected chi connectivity index (χ1v) is 10.3. The number of nitrogens with zero attached hydrogens (tertiary/aromatic N) is 1. The van der Waals surface area contributed by atoms with Crippen LogP contribution in [-0.2, 0) is 24.0 Å². The number of hydrogen-bond acceptors (Lipinski definition) is 7. The van der Waals surface area contributed by atoms with E-state index in [1.54, 1.807) is 0 Å². The summed E-state index contributed by atoms with van der Waals surface area (Å²) >= 11 is 0. The summed E-state index contributed by atoms with van der Waals surface area (Å²) in [6.07, 6.45) is 1.13. The van der Waals surface area contributed by atoms with Crippen LogP contribution in [0.4, 0.5) is 0 Å². The predicted octanol–water partition coefficient (Wildman–Crippen LogP) is -2.34. The highest BCUT2D eigenvalue weighted by Gasteiger charge is 2.39. The fourth-order valence-electron chi connectivity index (χ4n) is 3.36. The summed E-state index contributed by atoms with van der Waals surface area (Å²) in [5, 5.41) is 23.0. The Balaban J connectivity index is 2.90. The van der Waals surface area contributed by atoms with Gasteiger partial charge in [-0.25, -0.2) is 4.79 Å². The van der Waals surface area contributed by atoms with Crippen molar-refractivity contribution in [3.05, 3.63) is 0 Å². The number of likely N-dealkylation sites (tertiary alicyclic amines) is 1. The molecule has 1 saturated heterocycles. The Morgan fingerprint density at radius 1 is 1.13 bits per heavy atom. The SMILES string of the molecule is CC(C)CC(NC(=O)C(N)CCC(N)=O)C(=O)N1CCCC1C(=O)NC(CO)C(=O)O. The van der Waals surface area contributed by atoms with Crippen molar-refractivity contribution in [2.24, 2.45) is 17.4 Å². The van der Waals surface area contributed by atoms with E-state index in [1.807, 2.05) is 13.8 Å². The van der Waals surface area contributed by atoms with E-state index in [2.05, 4.69) is 10.6 Å². The highest BCUT2D eigenvalue weighted by atomic mass is 16.4. The number of carbonyl (C=O) groups is 5. The van der Waals surface area contributed by atoms with E-state index in [1.165, 1.54) is 4.90 Å². The van der Waals surface area contributed by atoms with E-state index in [4.69, 9.17) is 21.7 Å². The van der Waals surface area contributed by atoms with Gasteiger partial charge in [0.1, 0.15) is 18.1 Å². The Morgan fingerprint density at radius 3 is 2.29 bits per heavy atom. The summed E-state index contributed by atoms with van der Waals surface area (Å²) in [5.41, 5.74) is 10.9. The van der Waals surface area contributed by atoms with Crippen LogP contribution in [0.15, 0.2) is 0 Å². The topological polar surface area (TPSA) is 205 Å². The molecule has 12 nitrogen and oxygen atoms in total. The van der Waals surface area contributed by atoms with Crippen LogP contribution in [0.25, 0.3) is 0 Å². The Labute approximate surface area is 180 Å². The number of primary amides is 1. The zero-order valence-electron chi connectivity index (χ0n) is 17.9. The molecular weight excluding hydrogens is 410 g/mol. The van der Waals surface area contributed by atoms with Gasteiger partial charge in [-0.15, -0.1) is 0 Å². The number of carboxylic acids is 1. The molecule has 0 bridgehead atoms. The molecule has 1 aliphatic rings. The van der Waals surface area contributed by atoms with Gasteiger partial charge in [0, 0.05) is 13.0 Å². The van der Waals surface area contributed by atoms with Gasteiger partial charge >= 0.3 is 5.97 Å². The number of carbonyl (C=O) groups excluding carboxylic acids is 4. The van der Waals surface area contributed by atoms with Gasteiger partial charge < -0.3 is 37.2 Å². The van der Waals surface area contributed by atoms with Crippen LogP contribution < -0.4 is 22.1 Å². The summed E-state index contributed by atoms with van der Waals surface area (Å²) < 4.78 is 0. The maximum absolute atomic E-state index is 13.2. The number of rotatable bonds is 12. The molecule has 4 unspecified atom stereocenters. The minimum absolute atomic E-state index is 0.0379. The van der Waals surface area contributed by atoms with Crippen LogP contribution in [0.5, 0.6) is 0 Å². The van der Waals surface area contributed by atoms with Gasteiger partial charge in [0.25, 0.3) is 0 Å². The lowest BCUT2D eigenvalue weighted by atomic mass is 10.0. The van der Waals surface area contributed by atoms with Gasteiger partial charge in [-0.05, 0) is 31.6 Å². The summed E-state index contributed by atoms with van der Waals surface area (Å²) in [6, 6.07) is -4.34. The fourth-order valence-corrected chi connectivity index (χ4v) is 3.36. The second-order valence-electron chi connectivity index (χ2n) is 8.07. The molecule has 12 heteroatoms. The van der Waals surface area contributed by atoms with Gasteiger partial charge in [0.2, 0.25) is 23.6 Å². The predicted molar refractivity (Wildman–Crippen MR) is 109 cm³/mol. The van der Waals surface area contributed by atoms with Crippen molar-refractivity contribution < 1.29 is 34.2 Å². The van der Waals surface area contributed by atoms with Crippen LogP contribution >= 0.6 is 0 Å². The summed E-state index contributed by atoms with van der Waals surface area (Å²) in [5.74, 6) is -3.70. The molecule has 1 rings (SSSR count). The lowest BCUT2D eigenvalue weighted by Gasteiger charge is -2.30. The van der Waals surface area contributed by atoms with Crippen molar-refractivity contribution in [3.8, 4) is 0 Å². The third-order valence-corrected chi connectivity index (χ3v) is 5.00. The number of nitrogens with one attached hydrogen (secondary N) is 2. The van der Waals surface area contributed by atoms with Crippen molar-refractivity contribution >= 4 is 29.6 Å². The molecule has 0 spiro atoms. The third kappa shape index (κ3) is 8.13. The number of nitrogens with two attached hydrogens (primary N) is 2. The maximum Gasteiger partial charge on any atom is 0.328 e. The summed E-state index contributed by atoms with van der Waals surface area (Å²) in [4.78, 5) is 61.4. The number of aliphatic carboxylic acids is 1. The number of hydrogen-bond donors (Lipinski definition) is 6. The van der Waals surface area contributed by atoms with Crippen LogP contribution in [0, 0.1) is 5.92 Å². The minimum Gasteiger partial charge on any atom is -0.480 e. The van der Waals surface area contributed by atoms with Crippen LogP contribution in [0.1, 0.15) is 46.0 Å². The average Bonchev–Trinajstić information content (AvgIpc) is 3.18. The summed E-state index contributed by atoms with van der Waals surface area (Å²) in [7, 11) is 0. The molecule has 176 valence electrons. The lowest BCUT2D eigenvalue weighted by Crippen LogP contribution is -2.57. The first-order chi connectivity index (χ1) is 14.5. The zero-order valence-corrected chi connectivity index (χ0v) is 17.9. The Morgan fingerprint density at radius 2 is 1.77 bits per heavy atom. The fraction of sp³-hybridized carbons (Fsp3) is 0.737.